The number of aromatic nitrogens is 1. The van der Waals surface area contributed by atoms with E-state index in [4.69, 9.17) is 4.98 Å². The molecule has 2 rings (SSSR count). The minimum Gasteiger partial charge on any atom is -0.481 e. The molecule has 6 nitrogen and oxygen atoms in total. The number of thioether (sulfide) groups is 1. The average Bonchev–Trinajstić information content (AvgIpc) is 2.71. The summed E-state index contributed by atoms with van der Waals surface area (Å²) >= 11 is 1.61. The van der Waals surface area contributed by atoms with E-state index in [1.54, 1.807) is 11.8 Å². The molecule has 2 N–H and O–H groups in total. The molecule has 0 aromatic carbocycles. The van der Waals surface area contributed by atoms with Crippen LogP contribution in [-0.4, -0.2) is 46.9 Å². The third kappa shape index (κ3) is 6.12. The number of hydrogen-bond acceptors (Lipinski definition) is 5. The summed E-state index contributed by atoms with van der Waals surface area (Å²) in [5.41, 5.74) is 0.636. The lowest BCUT2D eigenvalue weighted by Crippen LogP contribution is -2.37. The quantitative estimate of drug-likeness (QED) is 0.566. The van der Waals surface area contributed by atoms with E-state index in [0.29, 0.717) is 31.5 Å². The molecule has 0 aliphatic carbocycles. The number of anilines is 1. The largest absolute Gasteiger partial charge is 0.481 e. The van der Waals surface area contributed by atoms with Crippen molar-refractivity contribution in [2.24, 2.45) is 5.92 Å². The number of nitrogens with one attached hydrogen (secondary N) is 1. The van der Waals surface area contributed by atoms with Crippen LogP contribution in [0.2, 0.25) is 0 Å². The van der Waals surface area contributed by atoms with Crippen LogP contribution in [0.5, 0.6) is 0 Å². The molecule has 0 spiro atoms. The molecule has 1 atom stereocenters. The van der Waals surface area contributed by atoms with Crippen molar-refractivity contribution >= 4 is 29.5 Å². The number of hydrogen-bond donors (Lipinski definition) is 2. The van der Waals surface area contributed by atoms with Gasteiger partial charge in [0.05, 0.1) is 11.5 Å². The smallest absolute Gasteiger partial charge is 0.306 e. The lowest BCUT2D eigenvalue weighted by molar-refractivity contribution is -0.142. The first-order valence-corrected chi connectivity index (χ1v) is 11.4. The summed E-state index contributed by atoms with van der Waals surface area (Å²) in [7, 11) is 0. The molecule has 1 aliphatic heterocycles. The Morgan fingerprint density at radius 1 is 1.25 bits per heavy atom. The molecule has 156 valence electrons. The van der Waals surface area contributed by atoms with Gasteiger partial charge in [-0.25, -0.2) is 4.98 Å². The van der Waals surface area contributed by atoms with Crippen LogP contribution < -0.4 is 10.2 Å². The summed E-state index contributed by atoms with van der Waals surface area (Å²) in [6, 6.07) is 3.96. The van der Waals surface area contributed by atoms with Crippen molar-refractivity contribution in [3.8, 4) is 0 Å². The topological polar surface area (TPSA) is 82.5 Å². The number of aliphatic carboxylic acids is 1. The third-order valence-electron chi connectivity index (χ3n) is 5.17. The van der Waals surface area contributed by atoms with Crippen molar-refractivity contribution in [3.63, 3.8) is 0 Å². The summed E-state index contributed by atoms with van der Waals surface area (Å²) in [5, 5.41) is 13.1. The number of piperidine rings is 1. The van der Waals surface area contributed by atoms with Crippen LogP contribution >= 0.6 is 11.8 Å². The predicted octanol–water partition coefficient (Wildman–Crippen LogP) is 4.19. The van der Waals surface area contributed by atoms with Crippen molar-refractivity contribution < 1.29 is 14.7 Å². The molecule has 2 heterocycles. The highest BCUT2D eigenvalue weighted by atomic mass is 32.2. The van der Waals surface area contributed by atoms with Gasteiger partial charge in [-0.3, -0.25) is 9.59 Å². The van der Waals surface area contributed by atoms with Gasteiger partial charge in [0.2, 0.25) is 0 Å². The fourth-order valence-corrected chi connectivity index (χ4v) is 4.31. The van der Waals surface area contributed by atoms with Gasteiger partial charge in [-0.05, 0) is 50.0 Å². The zero-order valence-electron chi connectivity index (χ0n) is 17.2. The molecule has 1 aromatic heterocycles. The standard InChI is InChI=1S/C21H33N3O3S/c1-4-7-16(6-3)22-19(25)17-8-9-18(23-20(17)28-14-5-2)24-12-10-15(11-13-24)21(26)27/h8-9,15-16H,4-7,10-14H2,1-3H3,(H,22,25)(H,26,27). The van der Waals surface area contributed by atoms with Gasteiger partial charge in [-0.2, -0.15) is 0 Å². The Balaban J connectivity index is 2.16. The minimum absolute atomic E-state index is 0.0532. The second kappa shape index (κ2) is 11.3. The highest BCUT2D eigenvalue weighted by molar-refractivity contribution is 7.99. The van der Waals surface area contributed by atoms with Crippen molar-refractivity contribution in [2.45, 2.75) is 70.4 Å². The summed E-state index contributed by atoms with van der Waals surface area (Å²) < 4.78 is 0. The molecule has 1 saturated heterocycles. The van der Waals surface area contributed by atoms with Crippen LogP contribution in [-0.2, 0) is 4.79 Å². The highest BCUT2D eigenvalue weighted by Gasteiger charge is 2.26. The molecule has 7 heteroatoms. The SMILES string of the molecule is CCCSc1nc(N2CCC(C(=O)O)CC2)ccc1C(=O)NC(CC)CCC. The van der Waals surface area contributed by atoms with Crippen molar-refractivity contribution in [1.29, 1.82) is 0 Å². The monoisotopic (exact) mass is 407 g/mol. The van der Waals surface area contributed by atoms with E-state index in [0.717, 1.165) is 42.3 Å². The molecule has 1 amide bonds. The van der Waals surface area contributed by atoms with E-state index < -0.39 is 5.97 Å². The van der Waals surface area contributed by atoms with Gasteiger partial charge in [0.25, 0.3) is 5.91 Å². The van der Waals surface area contributed by atoms with Gasteiger partial charge < -0.3 is 15.3 Å². The van der Waals surface area contributed by atoms with Gasteiger partial charge in [0.1, 0.15) is 10.8 Å². The normalized spacial score (nSPS) is 16.0. The lowest BCUT2D eigenvalue weighted by Gasteiger charge is -2.31. The van der Waals surface area contributed by atoms with Crippen LogP contribution in [0.3, 0.4) is 0 Å². The molecule has 0 bridgehead atoms. The molecular weight excluding hydrogens is 374 g/mol. The minimum atomic E-state index is -0.712. The Bertz CT molecular complexity index is 660. The molecule has 1 aliphatic rings. The van der Waals surface area contributed by atoms with E-state index in [1.165, 1.54) is 0 Å². The van der Waals surface area contributed by atoms with E-state index in [1.807, 2.05) is 12.1 Å². The second-order valence-corrected chi connectivity index (χ2v) is 8.42. The van der Waals surface area contributed by atoms with Crippen LogP contribution in [0, 0.1) is 5.92 Å². The molecular formula is C21H33N3O3S. The maximum atomic E-state index is 12.8. The fraction of sp³-hybridized carbons (Fsp3) is 0.667. The van der Waals surface area contributed by atoms with Crippen molar-refractivity contribution in [1.82, 2.24) is 10.3 Å². The molecule has 0 saturated carbocycles. The van der Waals surface area contributed by atoms with E-state index >= 15 is 0 Å². The second-order valence-electron chi connectivity index (χ2n) is 7.34. The Hall–Kier alpha value is -1.76. The number of pyridine rings is 1. The van der Waals surface area contributed by atoms with Crippen molar-refractivity contribution in [3.05, 3.63) is 17.7 Å². The zero-order valence-corrected chi connectivity index (χ0v) is 18.1. The summed E-state index contributed by atoms with van der Waals surface area (Å²) in [5.74, 6) is 0.711. The van der Waals surface area contributed by atoms with Crippen molar-refractivity contribution in [2.75, 3.05) is 23.7 Å². The summed E-state index contributed by atoms with van der Waals surface area (Å²) in [4.78, 5) is 30.9. The van der Waals surface area contributed by atoms with Crippen LogP contribution in [0.1, 0.15) is 69.7 Å². The van der Waals surface area contributed by atoms with E-state index in [-0.39, 0.29) is 17.9 Å². The summed E-state index contributed by atoms with van der Waals surface area (Å²) in [6.45, 7) is 7.70. The third-order valence-corrected chi connectivity index (χ3v) is 6.36. The first-order valence-electron chi connectivity index (χ1n) is 10.4. The van der Waals surface area contributed by atoms with Gasteiger partial charge in [0.15, 0.2) is 0 Å². The first kappa shape index (κ1) is 22.5. The maximum absolute atomic E-state index is 12.8. The van der Waals surface area contributed by atoms with Gasteiger partial charge in [0, 0.05) is 19.1 Å². The van der Waals surface area contributed by atoms with Crippen LogP contribution in [0.4, 0.5) is 5.82 Å². The Labute approximate surface area is 172 Å². The summed E-state index contributed by atoms with van der Waals surface area (Å²) in [6.07, 6.45) is 5.21. The van der Waals surface area contributed by atoms with E-state index in [9.17, 15) is 14.7 Å². The molecule has 1 aromatic rings. The number of amides is 1. The fourth-order valence-electron chi connectivity index (χ4n) is 3.43. The Morgan fingerprint density at radius 2 is 1.96 bits per heavy atom. The Morgan fingerprint density at radius 3 is 2.54 bits per heavy atom. The van der Waals surface area contributed by atoms with Gasteiger partial charge >= 0.3 is 5.97 Å². The van der Waals surface area contributed by atoms with Crippen LogP contribution in [0.15, 0.2) is 17.2 Å². The molecule has 1 fully saturated rings. The Kier molecular flexibility index (Phi) is 9.09. The predicted molar refractivity (Wildman–Crippen MR) is 114 cm³/mol. The van der Waals surface area contributed by atoms with Gasteiger partial charge in [-0.1, -0.05) is 27.2 Å². The molecule has 28 heavy (non-hydrogen) atoms. The number of carboxylic acid groups (broad SMARTS) is 1. The number of carbonyl (C=O) groups is 2. The lowest BCUT2D eigenvalue weighted by atomic mass is 9.97. The number of carbonyl (C=O) groups excluding carboxylic acids is 1. The highest BCUT2D eigenvalue weighted by Crippen LogP contribution is 2.28. The van der Waals surface area contributed by atoms with Crippen LogP contribution in [0.25, 0.3) is 0 Å². The average molecular weight is 408 g/mol. The first-order chi connectivity index (χ1) is 13.5. The number of rotatable bonds is 10. The molecule has 0 radical (unpaired) electrons. The number of nitrogens with zero attached hydrogens (tertiary/aromatic N) is 2. The zero-order chi connectivity index (χ0) is 20.5. The van der Waals surface area contributed by atoms with E-state index in [2.05, 4.69) is 31.0 Å². The molecule has 1 unspecified atom stereocenters. The maximum Gasteiger partial charge on any atom is 0.306 e. The van der Waals surface area contributed by atoms with Gasteiger partial charge in [-0.15, -0.1) is 11.8 Å². The number of carboxylic acids is 1.